The van der Waals surface area contributed by atoms with E-state index in [1.807, 2.05) is 70.2 Å². The Hall–Kier alpha value is -1.98. The standard InChI is InChI=1S/C25H33ClN2O2S/c1-5-19(4)27-25(30)23(6-2)28(15-20-11-9-10-18(3)14-20)24(29)17-31-16-21-12-7-8-13-22(21)26/h7-14,19,23H,5-6,15-17H2,1-4H3,(H,27,30)/t19-,23+/m0/s1. The molecule has 31 heavy (non-hydrogen) atoms. The zero-order chi connectivity index (χ0) is 22.8. The van der Waals surface area contributed by atoms with E-state index in [1.165, 1.54) is 11.8 Å². The average molecular weight is 461 g/mol. The van der Waals surface area contributed by atoms with Gasteiger partial charge in [-0.2, -0.15) is 0 Å². The minimum absolute atomic E-state index is 0.0373. The Morgan fingerprint density at radius 3 is 2.48 bits per heavy atom. The van der Waals surface area contributed by atoms with E-state index in [0.717, 1.165) is 23.1 Å². The van der Waals surface area contributed by atoms with E-state index in [1.54, 1.807) is 4.90 Å². The third-order valence-electron chi connectivity index (χ3n) is 5.26. The molecule has 2 aromatic rings. The highest BCUT2D eigenvalue weighted by atomic mass is 35.5. The number of hydrogen-bond donors (Lipinski definition) is 1. The first-order valence-electron chi connectivity index (χ1n) is 10.8. The number of thioether (sulfide) groups is 1. The summed E-state index contributed by atoms with van der Waals surface area (Å²) < 4.78 is 0. The van der Waals surface area contributed by atoms with Crippen molar-refractivity contribution in [2.45, 2.75) is 64.9 Å². The quantitative estimate of drug-likeness (QED) is 0.474. The highest BCUT2D eigenvalue weighted by molar-refractivity contribution is 7.99. The van der Waals surface area contributed by atoms with E-state index >= 15 is 0 Å². The summed E-state index contributed by atoms with van der Waals surface area (Å²) in [6.07, 6.45) is 1.41. The molecule has 0 unspecified atom stereocenters. The Balaban J connectivity index is 2.15. The topological polar surface area (TPSA) is 49.4 Å². The number of carbonyl (C=O) groups excluding carboxylic acids is 2. The molecule has 168 valence electrons. The van der Waals surface area contributed by atoms with Crippen LogP contribution in [0.4, 0.5) is 0 Å². The van der Waals surface area contributed by atoms with Crippen molar-refractivity contribution in [3.05, 3.63) is 70.2 Å². The second-order valence-electron chi connectivity index (χ2n) is 7.84. The summed E-state index contributed by atoms with van der Waals surface area (Å²) in [5, 5.41) is 3.75. The van der Waals surface area contributed by atoms with Crippen LogP contribution in [-0.4, -0.2) is 34.6 Å². The lowest BCUT2D eigenvalue weighted by Crippen LogP contribution is -2.51. The Kier molecular flexibility index (Phi) is 10.4. The third kappa shape index (κ3) is 7.89. The van der Waals surface area contributed by atoms with Crippen LogP contribution in [0.25, 0.3) is 0 Å². The van der Waals surface area contributed by atoms with E-state index in [0.29, 0.717) is 29.5 Å². The summed E-state index contributed by atoms with van der Waals surface area (Å²) in [4.78, 5) is 27.9. The summed E-state index contributed by atoms with van der Waals surface area (Å²) in [6, 6.07) is 15.3. The van der Waals surface area contributed by atoms with Gasteiger partial charge in [0.15, 0.2) is 0 Å². The lowest BCUT2D eigenvalue weighted by molar-refractivity contribution is -0.139. The summed E-state index contributed by atoms with van der Waals surface area (Å²) in [7, 11) is 0. The largest absolute Gasteiger partial charge is 0.352 e. The van der Waals surface area contributed by atoms with Gasteiger partial charge in [-0.15, -0.1) is 11.8 Å². The van der Waals surface area contributed by atoms with Gasteiger partial charge < -0.3 is 10.2 Å². The van der Waals surface area contributed by atoms with Crippen molar-refractivity contribution in [1.29, 1.82) is 0 Å². The molecule has 0 aliphatic carbocycles. The number of amides is 2. The number of nitrogens with zero attached hydrogens (tertiary/aromatic N) is 1. The van der Waals surface area contributed by atoms with E-state index in [9.17, 15) is 9.59 Å². The van der Waals surface area contributed by atoms with E-state index in [2.05, 4.69) is 11.4 Å². The fourth-order valence-corrected chi connectivity index (χ4v) is 4.51. The van der Waals surface area contributed by atoms with Gasteiger partial charge in [0.25, 0.3) is 0 Å². The Bertz CT molecular complexity index is 874. The molecule has 2 atom stereocenters. The summed E-state index contributed by atoms with van der Waals surface area (Å²) >= 11 is 7.76. The molecule has 2 aromatic carbocycles. The molecular weight excluding hydrogens is 428 g/mol. The van der Waals surface area contributed by atoms with Crippen molar-refractivity contribution >= 4 is 35.2 Å². The first kappa shape index (κ1) is 25.3. The molecule has 2 rings (SSSR count). The highest BCUT2D eigenvalue weighted by Gasteiger charge is 2.29. The summed E-state index contributed by atoms with van der Waals surface area (Å²) in [6.45, 7) is 8.42. The SMILES string of the molecule is CC[C@H](C(=O)N[C@@H](C)CC)N(Cc1cccc(C)c1)C(=O)CSCc1ccccc1Cl. The fourth-order valence-electron chi connectivity index (χ4n) is 3.31. The van der Waals surface area contributed by atoms with E-state index in [4.69, 9.17) is 11.6 Å². The van der Waals surface area contributed by atoms with Gasteiger partial charge in [0.2, 0.25) is 11.8 Å². The minimum Gasteiger partial charge on any atom is -0.352 e. The van der Waals surface area contributed by atoms with Gasteiger partial charge in [-0.3, -0.25) is 9.59 Å². The zero-order valence-corrected chi connectivity index (χ0v) is 20.4. The van der Waals surface area contributed by atoms with Crippen LogP contribution in [0.15, 0.2) is 48.5 Å². The number of rotatable bonds is 11. The van der Waals surface area contributed by atoms with E-state index < -0.39 is 6.04 Å². The van der Waals surface area contributed by atoms with Gasteiger partial charge in [-0.25, -0.2) is 0 Å². The zero-order valence-electron chi connectivity index (χ0n) is 18.9. The van der Waals surface area contributed by atoms with Crippen LogP contribution in [-0.2, 0) is 21.9 Å². The lowest BCUT2D eigenvalue weighted by Gasteiger charge is -2.31. The molecule has 1 N–H and O–H groups in total. The number of halogens is 1. The fraction of sp³-hybridized carbons (Fsp3) is 0.440. The molecule has 0 fully saturated rings. The molecule has 0 aliphatic rings. The molecule has 0 saturated carbocycles. The molecule has 4 nitrogen and oxygen atoms in total. The smallest absolute Gasteiger partial charge is 0.243 e. The minimum atomic E-state index is -0.497. The van der Waals surface area contributed by atoms with Crippen LogP contribution in [0.1, 0.15) is 50.3 Å². The maximum atomic E-state index is 13.3. The number of nitrogens with one attached hydrogen (secondary N) is 1. The highest BCUT2D eigenvalue weighted by Crippen LogP contribution is 2.22. The summed E-state index contributed by atoms with van der Waals surface area (Å²) in [5.41, 5.74) is 3.17. The predicted octanol–water partition coefficient (Wildman–Crippen LogP) is 5.60. The van der Waals surface area contributed by atoms with Crippen molar-refractivity contribution < 1.29 is 9.59 Å². The third-order valence-corrected chi connectivity index (χ3v) is 6.60. The average Bonchev–Trinajstić information content (AvgIpc) is 2.74. The van der Waals surface area contributed by atoms with Crippen molar-refractivity contribution in [2.24, 2.45) is 0 Å². The molecule has 0 heterocycles. The van der Waals surface area contributed by atoms with Gasteiger partial charge >= 0.3 is 0 Å². The number of aryl methyl sites for hydroxylation is 1. The van der Waals surface area contributed by atoms with Gasteiger partial charge in [-0.1, -0.05) is 73.5 Å². The first-order chi connectivity index (χ1) is 14.8. The van der Waals surface area contributed by atoms with Gasteiger partial charge in [0.05, 0.1) is 5.75 Å². The molecule has 0 saturated heterocycles. The Labute approximate surface area is 195 Å². The number of carbonyl (C=O) groups is 2. The number of benzene rings is 2. The normalized spacial score (nSPS) is 12.8. The lowest BCUT2D eigenvalue weighted by atomic mass is 10.1. The second-order valence-corrected chi connectivity index (χ2v) is 9.23. The molecule has 2 amide bonds. The monoisotopic (exact) mass is 460 g/mol. The van der Waals surface area contributed by atoms with E-state index in [-0.39, 0.29) is 17.9 Å². The predicted molar refractivity (Wildman–Crippen MR) is 131 cm³/mol. The van der Waals surface area contributed by atoms with Gasteiger partial charge in [0, 0.05) is 23.4 Å². The summed E-state index contributed by atoms with van der Waals surface area (Å²) in [5.74, 6) is 0.822. The molecule has 0 aliphatic heterocycles. The van der Waals surface area contributed by atoms with Crippen LogP contribution in [0.2, 0.25) is 5.02 Å². The van der Waals surface area contributed by atoms with Crippen LogP contribution in [0.5, 0.6) is 0 Å². The molecule has 0 aromatic heterocycles. The molecule has 0 radical (unpaired) electrons. The van der Waals surface area contributed by atoms with Gasteiger partial charge in [-0.05, 0) is 43.9 Å². The first-order valence-corrected chi connectivity index (χ1v) is 12.4. The van der Waals surface area contributed by atoms with Crippen molar-refractivity contribution in [3.8, 4) is 0 Å². The van der Waals surface area contributed by atoms with Crippen LogP contribution >= 0.6 is 23.4 Å². The second kappa shape index (κ2) is 12.8. The number of hydrogen-bond acceptors (Lipinski definition) is 3. The van der Waals surface area contributed by atoms with Crippen molar-refractivity contribution in [1.82, 2.24) is 10.2 Å². The van der Waals surface area contributed by atoms with Crippen molar-refractivity contribution in [3.63, 3.8) is 0 Å². The Morgan fingerprint density at radius 1 is 1.10 bits per heavy atom. The molecule has 0 spiro atoms. The maximum absolute atomic E-state index is 13.3. The Morgan fingerprint density at radius 2 is 1.84 bits per heavy atom. The molecular formula is C25H33ClN2O2S. The van der Waals surface area contributed by atoms with Gasteiger partial charge in [0.1, 0.15) is 6.04 Å². The maximum Gasteiger partial charge on any atom is 0.243 e. The van der Waals surface area contributed by atoms with Crippen molar-refractivity contribution in [2.75, 3.05) is 5.75 Å². The van der Waals surface area contributed by atoms with Crippen LogP contribution in [0.3, 0.4) is 0 Å². The molecule has 0 bridgehead atoms. The van der Waals surface area contributed by atoms with Crippen LogP contribution in [0, 0.1) is 6.92 Å². The molecule has 6 heteroatoms. The van der Waals surface area contributed by atoms with Crippen LogP contribution < -0.4 is 5.32 Å².